The van der Waals surface area contributed by atoms with Crippen molar-refractivity contribution in [3.05, 3.63) is 40.6 Å². The number of nitrogens with two attached hydrogens (primary N) is 1. The van der Waals surface area contributed by atoms with E-state index in [0.29, 0.717) is 5.69 Å². The lowest BCUT2D eigenvalue weighted by molar-refractivity contribution is 0.574. The summed E-state index contributed by atoms with van der Waals surface area (Å²) in [5.74, 6) is -1.27. The highest BCUT2D eigenvalue weighted by Gasteiger charge is 2.14. The molecule has 0 saturated heterocycles. The van der Waals surface area contributed by atoms with Crippen molar-refractivity contribution in [3.8, 4) is 5.69 Å². The molecule has 0 spiro atoms. The molecule has 0 amide bonds. The van der Waals surface area contributed by atoms with Gasteiger partial charge in [-0.3, -0.25) is 0 Å². The van der Waals surface area contributed by atoms with Gasteiger partial charge in [-0.1, -0.05) is 11.6 Å². The zero-order valence-corrected chi connectivity index (χ0v) is 9.09. The zero-order valence-electron chi connectivity index (χ0n) is 8.34. The topological polar surface area (TPSA) is 43.8 Å². The van der Waals surface area contributed by atoms with Crippen LogP contribution in [0.2, 0.25) is 5.02 Å². The molecular weight excluding hydrogens is 236 g/mol. The van der Waals surface area contributed by atoms with Gasteiger partial charge in [0.25, 0.3) is 0 Å². The van der Waals surface area contributed by atoms with Crippen LogP contribution in [0, 0.1) is 18.6 Å². The highest BCUT2D eigenvalue weighted by atomic mass is 35.5. The van der Waals surface area contributed by atoms with Crippen molar-refractivity contribution < 1.29 is 8.78 Å². The van der Waals surface area contributed by atoms with E-state index in [2.05, 4.69) is 5.10 Å². The molecule has 1 aromatic heterocycles. The number of aromatic nitrogens is 2. The third-order valence-electron chi connectivity index (χ3n) is 2.16. The van der Waals surface area contributed by atoms with E-state index in [1.807, 2.05) is 0 Å². The number of rotatable bonds is 1. The van der Waals surface area contributed by atoms with Gasteiger partial charge in [-0.25, -0.2) is 13.5 Å². The van der Waals surface area contributed by atoms with Crippen LogP contribution in [0.3, 0.4) is 0 Å². The normalized spacial score (nSPS) is 10.8. The molecule has 6 heteroatoms. The number of nitrogens with zero attached hydrogens (tertiary/aromatic N) is 2. The third-order valence-corrected chi connectivity index (χ3v) is 2.63. The lowest BCUT2D eigenvalue weighted by Gasteiger charge is -2.05. The molecule has 0 aliphatic heterocycles. The monoisotopic (exact) mass is 243 g/mol. The molecule has 3 nitrogen and oxygen atoms in total. The number of hydrogen-bond donors (Lipinski definition) is 1. The summed E-state index contributed by atoms with van der Waals surface area (Å²) in [6, 6.07) is 3.15. The van der Waals surface area contributed by atoms with Crippen molar-refractivity contribution >= 4 is 17.4 Å². The molecule has 0 fully saturated rings. The molecule has 2 aromatic rings. The molecular formula is C10H8ClF2N3. The van der Waals surface area contributed by atoms with Gasteiger partial charge < -0.3 is 5.73 Å². The summed E-state index contributed by atoms with van der Waals surface area (Å²) in [6.45, 7) is 1.65. The van der Waals surface area contributed by atoms with Crippen molar-refractivity contribution in [1.29, 1.82) is 0 Å². The summed E-state index contributed by atoms with van der Waals surface area (Å²) in [5, 5.41) is 4.24. The van der Waals surface area contributed by atoms with Crippen molar-refractivity contribution in [2.24, 2.45) is 0 Å². The first kappa shape index (κ1) is 10.9. The fourth-order valence-electron chi connectivity index (χ4n) is 1.36. The van der Waals surface area contributed by atoms with Gasteiger partial charge in [0.2, 0.25) is 0 Å². The van der Waals surface area contributed by atoms with E-state index in [4.69, 9.17) is 17.3 Å². The van der Waals surface area contributed by atoms with E-state index < -0.39 is 11.6 Å². The molecule has 1 aromatic carbocycles. The maximum Gasteiger partial charge on any atom is 0.151 e. The molecule has 2 rings (SSSR count). The molecule has 0 radical (unpaired) electrons. The maximum atomic E-state index is 13.5. The average Bonchev–Trinajstić information content (AvgIpc) is 2.46. The number of benzene rings is 1. The minimum Gasteiger partial charge on any atom is -0.382 e. The molecule has 0 aliphatic rings. The number of anilines is 1. The first-order chi connectivity index (χ1) is 7.50. The number of halogens is 3. The van der Waals surface area contributed by atoms with Crippen LogP contribution >= 0.6 is 11.6 Å². The van der Waals surface area contributed by atoms with Gasteiger partial charge >= 0.3 is 0 Å². The van der Waals surface area contributed by atoms with E-state index in [1.165, 1.54) is 6.07 Å². The molecule has 16 heavy (non-hydrogen) atoms. The SMILES string of the molecule is Cc1nn(-c2ccc(F)cc2F)c(N)c1Cl. The van der Waals surface area contributed by atoms with Crippen LogP contribution in [0.25, 0.3) is 5.69 Å². The van der Waals surface area contributed by atoms with E-state index in [9.17, 15) is 8.78 Å². The summed E-state index contributed by atoms with van der Waals surface area (Å²) in [7, 11) is 0. The first-order valence-corrected chi connectivity index (χ1v) is 4.84. The maximum absolute atomic E-state index is 13.5. The summed E-state index contributed by atoms with van der Waals surface area (Å²) in [5.41, 5.74) is 6.20. The predicted octanol–water partition coefficient (Wildman–Crippen LogP) is 2.69. The number of hydrogen-bond acceptors (Lipinski definition) is 2. The second-order valence-electron chi connectivity index (χ2n) is 3.29. The Labute approximate surface area is 95.4 Å². The van der Waals surface area contributed by atoms with E-state index >= 15 is 0 Å². The molecule has 0 atom stereocenters. The Morgan fingerprint density at radius 2 is 2.06 bits per heavy atom. The van der Waals surface area contributed by atoms with Crippen LogP contribution in [0.1, 0.15) is 5.69 Å². The Morgan fingerprint density at radius 1 is 1.38 bits per heavy atom. The predicted molar refractivity (Wildman–Crippen MR) is 57.6 cm³/mol. The van der Waals surface area contributed by atoms with Crippen LogP contribution in [-0.2, 0) is 0 Å². The molecule has 0 aliphatic carbocycles. The zero-order chi connectivity index (χ0) is 11.9. The van der Waals surface area contributed by atoms with Gasteiger partial charge in [0.1, 0.15) is 22.3 Å². The molecule has 0 bridgehead atoms. The van der Waals surface area contributed by atoms with Gasteiger partial charge in [-0.05, 0) is 19.1 Å². The van der Waals surface area contributed by atoms with Crippen molar-refractivity contribution in [3.63, 3.8) is 0 Å². The fraction of sp³-hybridized carbons (Fsp3) is 0.100. The summed E-state index contributed by atoms with van der Waals surface area (Å²) < 4.78 is 27.3. The summed E-state index contributed by atoms with van der Waals surface area (Å²) >= 11 is 5.83. The van der Waals surface area contributed by atoms with Crippen LogP contribution in [0.4, 0.5) is 14.6 Å². The Balaban J connectivity index is 2.63. The molecule has 1 heterocycles. The van der Waals surface area contributed by atoms with Crippen LogP contribution in [-0.4, -0.2) is 9.78 Å². The van der Waals surface area contributed by atoms with Gasteiger partial charge in [-0.15, -0.1) is 0 Å². The van der Waals surface area contributed by atoms with Crippen molar-refractivity contribution in [2.45, 2.75) is 6.92 Å². The first-order valence-electron chi connectivity index (χ1n) is 4.46. The average molecular weight is 244 g/mol. The largest absolute Gasteiger partial charge is 0.382 e. The lowest BCUT2D eigenvalue weighted by Crippen LogP contribution is -2.04. The Morgan fingerprint density at radius 3 is 2.56 bits per heavy atom. The molecule has 0 saturated carbocycles. The minimum absolute atomic E-state index is 0.0638. The highest BCUT2D eigenvalue weighted by Crippen LogP contribution is 2.26. The fourth-order valence-corrected chi connectivity index (χ4v) is 1.48. The van der Waals surface area contributed by atoms with Crippen LogP contribution in [0.5, 0.6) is 0 Å². The van der Waals surface area contributed by atoms with E-state index in [0.717, 1.165) is 16.8 Å². The van der Waals surface area contributed by atoms with Gasteiger partial charge in [0.05, 0.1) is 5.69 Å². The summed E-state index contributed by atoms with van der Waals surface area (Å²) in [6.07, 6.45) is 0. The van der Waals surface area contributed by atoms with Crippen molar-refractivity contribution in [1.82, 2.24) is 9.78 Å². The highest BCUT2D eigenvalue weighted by molar-refractivity contribution is 6.33. The number of nitrogen functional groups attached to an aromatic ring is 1. The summed E-state index contributed by atoms with van der Waals surface area (Å²) in [4.78, 5) is 0. The molecule has 2 N–H and O–H groups in total. The van der Waals surface area contributed by atoms with E-state index in [-0.39, 0.29) is 16.5 Å². The number of aryl methyl sites for hydroxylation is 1. The second-order valence-corrected chi connectivity index (χ2v) is 3.67. The quantitative estimate of drug-likeness (QED) is 0.837. The van der Waals surface area contributed by atoms with Crippen LogP contribution < -0.4 is 5.73 Å². The standard InChI is InChI=1S/C10H8ClF2N3/c1-5-9(11)10(14)16(15-5)8-3-2-6(12)4-7(8)13/h2-4H,14H2,1H3. The lowest BCUT2D eigenvalue weighted by atomic mass is 10.3. The third kappa shape index (κ3) is 1.63. The van der Waals surface area contributed by atoms with Gasteiger partial charge in [0, 0.05) is 6.07 Å². The van der Waals surface area contributed by atoms with Gasteiger partial charge in [0.15, 0.2) is 5.82 Å². The second kappa shape index (κ2) is 3.75. The minimum atomic E-state index is -0.745. The van der Waals surface area contributed by atoms with Crippen LogP contribution in [0.15, 0.2) is 18.2 Å². The van der Waals surface area contributed by atoms with E-state index in [1.54, 1.807) is 6.92 Å². The Hall–Kier alpha value is -1.62. The Bertz CT molecular complexity index is 551. The van der Waals surface area contributed by atoms with Gasteiger partial charge in [-0.2, -0.15) is 5.10 Å². The molecule has 84 valence electrons. The van der Waals surface area contributed by atoms with Crippen molar-refractivity contribution in [2.75, 3.05) is 5.73 Å². The molecule has 0 unspecified atom stereocenters. The smallest absolute Gasteiger partial charge is 0.151 e. The Kier molecular flexibility index (Phi) is 2.55.